The van der Waals surface area contributed by atoms with Gasteiger partial charge in [0.25, 0.3) is 0 Å². The Morgan fingerprint density at radius 3 is 2.67 bits per heavy atom. The molecule has 1 heterocycles. The van der Waals surface area contributed by atoms with E-state index in [0.29, 0.717) is 12.4 Å². The van der Waals surface area contributed by atoms with Gasteiger partial charge in [-0.15, -0.1) is 0 Å². The second kappa shape index (κ2) is 7.42. The van der Waals surface area contributed by atoms with E-state index >= 15 is 0 Å². The van der Waals surface area contributed by atoms with Crippen LogP contribution in [0.4, 0.5) is 10.6 Å². The van der Waals surface area contributed by atoms with E-state index in [4.69, 9.17) is 9.47 Å². The van der Waals surface area contributed by atoms with Gasteiger partial charge in [0.05, 0.1) is 12.3 Å². The summed E-state index contributed by atoms with van der Waals surface area (Å²) >= 11 is 0. The molecule has 120 valence electrons. The fourth-order valence-electron chi connectivity index (χ4n) is 1.60. The Morgan fingerprint density at radius 1 is 1.43 bits per heavy atom. The van der Waals surface area contributed by atoms with Crippen molar-refractivity contribution in [2.45, 2.75) is 58.9 Å². The molecule has 0 saturated carbocycles. The van der Waals surface area contributed by atoms with Crippen LogP contribution in [0, 0.1) is 0 Å². The maximum Gasteiger partial charge on any atom is 0.413 e. The van der Waals surface area contributed by atoms with Gasteiger partial charge in [-0.05, 0) is 34.6 Å². The van der Waals surface area contributed by atoms with Crippen molar-refractivity contribution in [1.82, 2.24) is 15.5 Å². The predicted molar refractivity (Wildman–Crippen MR) is 81.2 cm³/mol. The Balaban J connectivity index is 2.56. The van der Waals surface area contributed by atoms with Gasteiger partial charge in [-0.3, -0.25) is 10.4 Å². The van der Waals surface area contributed by atoms with Crippen LogP contribution in [0.25, 0.3) is 0 Å². The summed E-state index contributed by atoms with van der Waals surface area (Å²) in [5, 5.41) is 12.7. The highest BCUT2D eigenvalue weighted by atomic mass is 16.6. The number of nitrogens with one attached hydrogen (secondary N) is 3. The number of methoxy groups -OCH3 is 1. The Kier molecular flexibility index (Phi) is 6.17. The van der Waals surface area contributed by atoms with Crippen molar-refractivity contribution < 1.29 is 14.3 Å². The molecule has 0 fully saturated rings. The second-order valence-corrected chi connectivity index (χ2v) is 6.01. The summed E-state index contributed by atoms with van der Waals surface area (Å²) in [6.07, 6.45) is 1.26. The smallest absolute Gasteiger partial charge is 0.413 e. The molecule has 0 aliphatic rings. The van der Waals surface area contributed by atoms with Crippen LogP contribution < -0.4 is 10.6 Å². The van der Waals surface area contributed by atoms with Crippen molar-refractivity contribution >= 4 is 11.9 Å². The summed E-state index contributed by atoms with van der Waals surface area (Å²) in [6.45, 7) is 10.0. The molecule has 1 aromatic heterocycles. The molecule has 3 N–H and O–H groups in total. The molecule has 7 heteroatoms. The van der Waals surface area contributed by atoms with Crippen LogP contribution in [0.15, 0.2) is 6.20 Å². The first kappa shape index (κ1) is 17.5. The zero-order chi connectivity index (χ0) is 16.0. The number of H-pyrrole nitrogens is 1. The normalized spacial score (nSPS) is 14.6. The number of ether oxygens (including phenoxy) is 2. The third-order valence-electron chi connectivity index (χ3n) is 3.03. The van der Waals surface area contributed by atoms with Crippen LogP contribution in [0.3, 0.4) is 0 Å². The molecule has 2 unspecified atom stereocenters. The Labute approximate surface area is 125 Å². The Hall–Kier alpha value is -1.60. The number of anilines is 1. The molecule has 7 nitrogen and oxygen atoms in total. The summed E-state index contributed by atoms with van der Waals surface area (Å²) in [7, 11) is 1.68. The minimum Gasteiger partial charge on any atom is -0.444 e. The fourth-order valence-corrected chi connectivity index (χ4v) is 1.60. The molecule has 21 heavy (non-hydrogen) atoms. The van der Waals surface area contributed by atoms with Gasteiger partial charge in [0.15, 0.2) is 0 Å². The van der Waals surface area contributed by atoms with E-state index in [1.807, 2.05) is 34.6 Å². The zero-order valence-electron chi connectivity index (χ0n) is 13.6. The zero-order valence-corrected chi connectivity index (χ0v) is 13.6. The van der Waals surface area contributed by atoms with Crippen LogP contribution in [-0.4, -0.2) is 41.1 Å². The maximum atomic E-state index is 11.7. The summed E-state index contributed by atoms with van der Waals surface area (Å²) < 4.78 is 10.5. The third-order valence-corrected chi connectivity index (χ3v) is 3.03. The van der Waals surface area contributed by atoms with Gasteiger partial charge in [0.1, 0.15) is 11.4 Å². The summed E-state index contributed by atoms with van der Waals surface area (Å²) in [5.74, 6) is 0.536. The lowest BCUT2D eigenvalue weighted by Crippen LogP contribution is -2.36. The number of hydrogen-bond donors (Lipinski definition) is 3. The predicted octanol–water partition coefficient (Wildman–Crippen LogP) is 2.27. The van der Waals surface area contributed by atoms with E-state index in [1.54, 1.807) is 13.3 Å². The topological polar surface area (TPSA) is 88.3 Å². The molecule has 0 aliphatic carbocycles. The van der Waals surface area contributed by atoms with E-state index in [2.05, 4.69) is 20.8 Å². The highest BCUT2D eigenvalue weighted by molar-refractivity contribution is 5.84. The van der Waals surface area contributed by atoms with Crippen molar-refractivity contribution in [2.75, 3.05) is 12.4 Å². The van der Waals surface area contributed by atoms with Gasteiger partial charge in [0, 0.05) is 25.3 Å². The number of carbonyl (C=O) groups is 1. The van der Waals surface area contributed by atoms with Crippen molar-refractivity contribution in [2.24, 2.45) is 0 Å². The third kappa shape index (κ3) is 6.14. The van der Waals surface area contributed by atoms with Crippen LogP contribution in [0.1, 0.15) is 40.2 Å². The molecule has 1 rings (SSSR count). The quantitative estimate of drug-likeness (QED) is 0.750. The van der Waals surface area contributed by atoms with Gasteiger partial charge < -0.3 is 14.8 Å². The molecular weight excluding hydrogens is 272 g/mol. The van der Waals surface area contributed by atoms with Gasteiger partial charge in [0.2, 0.25) is 0 Å². The van der Waals surface area contributed by atoms with Crippen molar-refractivity contribution in [3.8, 4) is 0 Å². The van der Waals surface area contributed by atoms with E-state index < -0.39 is 11.7 Å². The fraction of sp³-hybridized carbons (Fsp3) is 0.714. The number of hydrogen-bond acceptors (Lipinski definition) is 5. The van der Waals surface area contributed by atoms with E-state index in [1.165, 1.54) is 0 Å². The summed E-state index contributed by atoms with van der Waals surface area (Å²) in [6, 6.07) is 0.180. The molecule has 0 radical (unpaired) electrons. The maximum absolute atomic E-state index is 11.7. The average Bonchev–Trinajstić information content (AvgIpc) is 2.79. The number of carbonyl (C=O) groups excluding carboxylic acids is 1. The highest BCUT2D eigenvalue weighted by Gasteiger charge is 2.18. The minimum atomic E-state index is -0.537. The first-order valence-electron chi connectivity index (χ1n) is 7.01. The van der Waals surface area contributed by atoms with Crippen LogP contribution in [-0.2, 0) is 16.0 Å². The molecule has 0 bridgehead atoms. The minimum absolute atomic E-state index is 0.0965. The first-order chi connectivity index (χ1) is 9.73. The number of aromatic nitrogens is 2. The Bertz CT molecular complexity index is 453. The molecule has 1 aromatic rings. The number of rotatable bonds is 6. The Morgan fingerprint density at radius 2 is 2.10 bits per heavy atom. The van der Waals surface area contributed by atoms with Gasteiger partial charge >= 0.3 is 6.09 Å². The first-order valence-corrected chi connectivity index (χ1v) is 7.01. The molecule has 2 atom stereocenters. The van der Waals surface area contributed by atoms with Gasteiger partial charge in [-0.25, -0.2) is 4.79 Å². The van der Waals surface area contributed by atoms with E-state index in [9.17, 15) is 4.79 Å². The van der Waals surface area contributed by atoms with Crippen LogP contribution >= 0.6 is 0 Å². The average molecular weight is 298 g/mol. The monoisotopic (exact) mass is 298 g/mol. The standard InChI is InChI=1S/C14H26N4O3/c1-9(10(2)20-6)15-7-11-8-16-18-12(11)17-13(19)21-14(3,4)5/h8-10,15H,7H2,1-6H3,(H2,16,17,18,19). The lowest BCUT2D eigenvalue weighted by molar-refractivity contribution is 0.0635. The SMILES string of the molecule is COC(C)C(C)NCc1cn[nH]c1NC(=O)OC(C)(C)C. The lowest BCUT2D eigenvalue weighted by Gasteiger charge is -2.21. The summed E-state index contributed by atoms with van der Waals surface area (Å²) in [5.41, 5.74) is 0.321. The second-order valence-electron chi connectivity index (χ2n) is 6.01. The van der Waals surface area contributed by atoms with Crippen LogP contribution in [0.5, 0.6) is 0 Å². The number of amides is 1. The van der Waals surface area contributed by atoms with Gasteiger partial charge in [-0.2, -0.15) is 5.10 Å². The van der Waals surface area contributed by atoms with Crippen molar-refractivity contribution in [1.29, 1.82) is 0 Å². The van der Waals surface area contributed by atoms with Crippen LogP contribution in [0.2, 0.25) is 0 Å². The number of aromatic amines is 1. The molecule has 0 aromatic carbocycles. The lowest BCUT2D eigenvalue weighted by atomic mass is 10.2. The largest absolute Gasteiger partial charge is 0.444 e. The van der Waals surface area contributed by atoms with Crippen molar-refractivity contribution in [3.05, 3.63) is 11.8 Å². The molecule has 0 aliphatic heterocycles. The van der Waals surface area contributed by atoms with Gasteiger partial charge in [-0.1, -0.05) is 0 Å². The van der Waals surface area contributed by atoms with Crippen molar-refractivity contribution in [3.63, 3.8) is 0 Å². The van der Waals surface area contributed by atoms with E-state index in [0.717, 1.165) is 5.56 Å². The molecule has 0 spiro atoms. The molecule has 0 saturated heterocycles. The molecular formula is C14H26N4O3. The summed E-state index contributed by atoms with van der Waals surface area (Å²) in [4.78, 5) is 11.7. The molecule has 1 amide bonds. The highest BCUT2D eigenvalue weighted by Crippen LogP contribution is 2.14. The van der Waals surface area contributed by atoms with E-state index in [-0.39, 0.29) is 12.1 Å². The number of nitrogens with zero attached hydrogens (tertiary/aromatic N) is 1.